The summed E-state index contributed by atoms with van der Waals surface area (Å²) in [5, 5.41) is 3.21. The smallest absolute Gasteiger partial charge is 0.224 e. The second-order valence-electron chi connectivity index (χ2n) is 4.76. The molecular weight excluding hydrogens is 250 g/mol. The van der Waals surface area contributed by atoms with Gasteiger partial charge in [-0.2, -0.15) is 0 Å². The Morgan fingerprint density at radius 2 is 2.10 bits per heavy atom. The van der Waals surface area contributed by atoms with Gasteiger partial charge in [-0.3, -0.25) is 4.98 Å². The van der Waals surface area contributed by atoms with Crippen molar-refractivity contribution in [2.45, 2.75) is 33.2 Å². The summed E-state index contributed by atoms with van der Waals surface area (Å²) < 4.78 is 6.00. The quantitative estimate of drug-likeness (QED) is 0.905. The number of aromatic nitrogens is 2. The molecule has 0 aliphatic heterocycles. The van der Waals surface area contributed by atoms with Gasteiger partial charge in [0.25, 0.3) is 0 Å². The number of ether oxygens (including phenoxy) is 1. The Balaban J connectivity index is 2.35. The first-order valence-corrected chi connectivity index (χ1v) is 6.92. The molecule has 0 amide bonds. The van der Waals surface area contributed by atoms with Crippen LogP contribution in [0.15, 0.2) is 30.5 Å². The lowest BCUT2D eigenvalue weighted by atomic mass is 10.1. The molecule has 2 heterocycles. The van der Waals surface area contributed by atoms with Crippen LogP contribution in [0, 0.1) is 6.92 Å². The Bertz CT molecular complexity index is 584. The summed E-state index contributed by atoms with van der Waals surface area (Å²) in [6, 6.07) is 8.05. The van der Waals surface area contributed by atoms with E-state index in [2.05, 4.69) is 29.1 Å². The van der Waals surface area contributed by atoms with E-state index in [1.165, 1.54) is 0 Å². The molecule has 4 heteroatoms. The van der Waals surface area contributed by atoms with Gasteiger partial charge in [0.05, 0.1) is 5.69 Å². The first-order chi connectivity index (χ1) is 9.65. The lowest BCUT2D eigenvalue weighted by molar-refractivity contribution is 0.439. The zero-order valence-corrected chi connectivity index (χ0v) is 12.5. The predicted octanol–water partition coefficient (Wildman–Crippen LogP) is 3.42. The monoisotopic (exact) mass is 271 g/mol. The van der Waals surface area contributed by atoms with Crippen LogP contribution in [0.2, 0.25) is 0 Å². The minimum Gasteiger partial charge on any atom is -0.437 e. The second kappa shape index (κ2) is 6.48. The molecule has 0 spiro atoms. The summed E-state index contributed by atoms with van der Waals surface area (Å²) in [5.41, 5.74) is 3.00. The zero-order chi connectivity index (χ0) is 14.5. The number of aryl methyl sites for hydroxylation is 2. The van der Waals surface area contributed by atoms with Crippen LogP contribution < -0.4 is 10.1 Å². The van der Waals surface area contributed by atoms with Gasteiger partial charge in [-0.25, -0.2) is 4.98 Å². The Kier molecular flexibility index (Phi) is 4.69. The van der Waals surface area contributed by atoms with Crippen molar-refractivity contribution in [1.29, 1.82) is 0 Å². The fourth-order valence-electron chi connectivity index (χ4n) is 2.02. The van der Waals surface area contributed by atoms with Gasteiger partial charge in [0.15, 0.2) is 5.75 Å². The van der Waals surface area contributed by atoms with Crippen LogP contribution in [0.5, 0.6) is 11.6 Å². The first kappa shape index (κ1) is 14.5. The zero-order valence-electron chi connectivity index (χ0n) is 12.5. The molecule has 1 N–H and O–H groups in total. The van der Waals surface area contributed by atoms with Crippen LogP contribution in [-0.4, -0.2) is 17.0 Å². The van der Waals surface area contributed by atoms with E-state index in [1.54, 1.807) is 6.20 Å². The molecule has 2 aromatic rings. The number of pyridine rings is 2. The molecule has 0 saturated heterocycles. The van der Waals surface area contributed by atoms with E-state index in [4.69, 9.17) is 4.74 Å². The van der Waals surface area contributed by atoms with Crippen LogP contribution in [0.3, 0.4) is 0 Å². The molecule has 0 aromatic carbocycles. The summed E-state index contributed by atoms with van der Waals surface area (Å²) in [7, 11) is 1.92. The highest BCUT2D eigenvalue weighted by molar-refractivity contribution is 5.36. The van der Waals surface area contributed by atoms with Gasteiger partial charge in [-0.15, -0.1) is 0 Å². The van der Waals surface area contributed by atoms with E-state index >= 15 is 0 Å². The van der Waals surface area contributed by atoms with Crippen LogP contribution in [-0.2, 0) is 6.42 Å². The molecule has 20 heavy (non-hydrogen) atoms. The molecule has 1 unspecified atom stereocenters. The summed E-state index contributed by atoms with van der Waals surface area (Å²) in [5.74, 6) is 1.41. The maximum absolute atomic E-state index is 6.00. The Morgan fingerprint density at radius 3 is 2.80 bits per heavy atom. The summed E-state index contributed by atoms with van der Waals surface area (Å²) in [4.78, 5) is 8.86. The van der Waals surface area contributed by atoms with E-state index in [-0.39, 0.29) is 6.04 Å². The Labute approximate surface area is 120 Å². The molecule has 2 aromatic heterocycles. The molecule has 106 valence electrons. The topological polar surface area (TPSA) is 47.0 Å². The fourth-order valence-corrected chi connectivity index (χ4v) is 2.02. The van der Waals surface area contributed by atoms with E-state index in [1.807, 2.05) is 38.2 Å². The summed E-state index contributed by atoms with van der Waals surface area (Å²) in [6.07, 6.45) is 2.58. The van der Waals surface area contributed by atoms with Crippen LogP contribution in [0.25, 0.3) is 0 Å². The van der Waals surface area contributed by atoms with Gasteiger partial charge in [0.1, 0.15) is 0 Å². The first-order valence-electron chi connectivity index (χ1n) is 6.92. The standard InChI is InChI=1S/C16H21N3O/c1-5-14-15(9-8-11(2)19-14)20-16-13(12(3)17-4)7-6-10-18-16/h6-10,12,17H,5H2,1-4H3. The largest absolute Gasteiger partial charge is 0.437 e. The van der Waals surface area contributed by atoms with Crippen LogP contribution >= 0.6 is 0 Å². The lowest BCUT2D eigenvalue weighted by Gasteiger charge is -2.16. The highest BCUT2D eigenvalue weighted by Gasteiger charge is 2.13. The number of rotatable bonds is 5. The molecule has 1 atom stereocenters. The van der Waals surface area contributed by atoms with Crippen LogP contribution in [0.1, 0.15) is 36.8 Å². The van der Waals surface area contributed by atoms with E-state index in [0.717, 1.165) is 29.1 Å². The molecule has 0 radical (unpaired) electrons. The maximum Gasteiger partial charge on any atom is 0.224 e. The van der Waals surface area contributed by atoms with Gasteiger partial charge >= 0.3 is 0 Å². The number of nitrogens with one attached hydrogen (secondary N) is 1. The average molecular weight is 271 g/mol. The van der Waals surface area contributed by atoms with Crippen molar-refractivity contribution in [2.24, 2.45) is 0 Å². The number of nitrogens with zero attached hydrogens (tertiary/aromatic N) is 2. The molecule has 2 rings (SSSR count). The third kappa shape index (κ3) is 3.14. The van der Waals surface area contributed by atoms with Crippen molar-refractivity contribution < 1.29 is 4.74 Å². The highest BCUT2D eigenvalue weighted by atomic mass is 16.5. The van der Waals surface area contributed by atoms with Crippen molar-refractivity contribution in [3.05, 3.63) is 47.4 Å². The van der Waals surface area contributed by atoms with Crippen molar-refractivity contribution in [3.63, 3.8) is 0 Å². The van der Waals surface area contributed by atoms with E-state index in [9.17, 15) is 0 Å². The van der Waals surface area contributed by atoms with E-state index < -0.39 is 0 Å². The van der Waals surface area contributed by atoms with Gasteiger partial charge in [0.2, 0.25) is 5.88 Å². The molecule has 0 saturated carbocycles. The Morgan fingerprint density at radius 1 is 1.30 bits per heavy atom. The van der Waals surface area contributed by atoms with Crippen molar-refractivity contribution in [2.75, 3.05) is 7.05 Å². The molecule has 0 bridgehead atoms. The molecule has 0 aliphatic carbocycles. The summed E-state index contributed by atoms with van der Waals surface area (Å²) in [6.45, 7) is 6.14. The minimum atomic E-state index is 0.183. The van der Waals surface area contributed by atoms with Gasteiger partial charge in [-0.05, 0) is 45.5 Å². The number of hydrogen-bond donors (Lipinski definition) is 1. The molecular formula is C16H21N3O. The van der Waals surface area contributed by atoms with Crippen LogP contribution in [0.4, 0.5) is 0 Å². The third-order valence-corrected chi connectivity index (χ3v) is 3.31. The van der Waals surface area contributed by atoms with E-state index in [0.29, 0.717) is 5.88 Å². The van der Waals surface area contributed by atoms with Gasteiger partial charge in [-0.1, -0.05) is 13.0 Å². The molecule has 0 aliphatic rings. The predicted molar refractivity (Wildman–Crippen MR) is 80.1 cm³/mol. The van der Waals surface area contributed by atoms with Crippen molar-refractivity contribution >= 4 is 0 Å². The summed E-state index contributed by atoms with van der Waals surface area (Å²) >= 11 is 0. The molecule has 0 fully saturated rings. The number of hydrogen-bond acceptors (Lipinski definition) is 4. The average Bonchev–Trinajstić information content (AvgIpc) is 2.48. The lowest BCUT2D eigenvalue weighted by Crippen LogP contribution is -2.13. The second-order valence-corrected chi connectivity index (χ2v) is 4.76. The maximum atomic E-state index is 6.00. The SMILES string of the molecule is CCc1nc(C)ccc1Oc1ncccc1C(C)NC. The minimum absolute atomic E-state index is 0.183. The van der Waals surface area contributed by atoms with Crippen molar-refractivity contribution in [3.8, 4) is 11.6 Å². The van der Waals surface area contributed by atoms with Crippen molar-refractivity contribution in [1.82, 2.24) is 15.3 Å². The fraction of sp³-hybridized carbons (Fsp3) is 0.375. The normalized spacial score (nSPS) is 12.2. The highest BCUT2D eigenvalue weighted by Crippen LogP contribution is 2.29. The van der Waals surface area contributed by atoms with Gasteiger partial charge in [0, 0.05) is 23.5 Å². The third-order valence-electron chi connectivity index (χ3n) is 3.31. The Hall–Kier alpha value is -1.94. The van der Waals surface area contributed by atoms with Gasteiger partial charge < -0.3 is 10.1 Å². The molecule has 4 nitrogen and oxygen atoms in total.